The first-order valence-electron chi connectivity index (χ1n) is 8.85. The highest BCUT2D eigenvalue weighted by atomic mass is 16.5. The van der Waals surface area contributed by atoms with Gasteiger partial charge in [0, 0.05) is 25.0 Å². The molecule has 4 aliphatic rings. The Bertz CT molecular complexity index is 607. The Morgan fingerprint density at radius 2 is 2.09 bits per heavy atom. The molecule has 5 rings (SSSR count). The summed E-state index contributed by atoms with van der Waals surface area (Å²) in [5.41, 5.74) is 3.44. The van der Waals surface area contributed by atoms with Crippen molar-refractivity contribution in [3.05, 3.63) is 12.5 Å². The fourth-order valence-corrected chi connectivity index (χ4v) is 4.64. The summed E-state index contributed by atoms with van der Waals surface area (Å²) >= 11 is 0. The van der Waals surface area contributed by atoms with Gasteiger partial charge in [-0.25, -0.2) is 4.98 Å². The topological polar surface area (TPSA) is 57.9 Å². The van der Waals surface area contributed by atoms with Gasteiger partial charge in [-0.1, -0.05) is 12.8 Å². The van der Waals surface area contributed by atoms with Crippen LogP contribution in [0.5, 0.6) is 0 Å². The fourth-order valence-electron chi connectivity index (χ4n) is 4.64. The molecule has 0 aromatic carbocycles. The average Bonchev–Trinajstić information content (AvgIpc) is 3.23. The summed E-state index contributed by atoms with van der Waals surface area (Å²) < 4.78 is 7.85. The average molecular weight is 316 g/mol. The molecular formula is C16H24N6O. The maximum atomic E-state index is 5.46. The Hall–Kier alpha value is -1.60. The maximum Gasteiger partial charge on any atom is 0.146 e. The molecule has 0 bridgehead atoms. The highest BCUT2D eigenvalue weighted by molar-refractivity contribution is 6.00. The van der Waals surface area contributed by atoms with E-state index in [4.69, 9.17) is 9.84 Å². The van der Waals surface area contributed by atoms with Crippen LogP contribution in [0.1, 0.15) is 31.7 Å². The van der Waals surface area contributed by atoms with Crippen LogP contribution in [0.2, 0.25) is 0 Å². The van der Waals surface area contributed by atoms with Gasteiger partial charge in [0.2, 0.25) is 0 Å². The van der Waals surface area contributed by atoms with Crippen LogP contribution in [0.4, 0.5) is 5.82 Å². The molecule has 1 aliphatic carbocycles. The second kappa shape index (κ2) is 5.49. The Morgan fingerprint density at radius 1 is 1.22 bits per heavy atom. The molecule has 0 amide bonds. The summed E-state index contributed by atoms with van der Waals surface area (Å²) in [5, 5.41) is 4.71. The highest BCUT2D eigenvalue weighted by Gasteiger charge is 2.46. The quantitative estimate of drug-likeness (QED) is 0.882. The number of nitrogens with one attached hydrogen (secondary N) is 1. The van der Waals surface area contributed by atoms with Gasteiger partial charge in [-0.2, -0.15) is 5.10 Å². The highest BCUT2D eigenvalue weighted by Crippen LogP contribution is 2.44. The minimum Gasteiger partial charge on any atom is -0.379 e. The molecule has 4 heterocycles. The lowest BCUT2D eigenvalue weighted by Crippen LogP contribution is -2.55. The van der Waals surface area contributed by atoms with E-state index in [1.165, 1.54) is 31.5 Å². The van der Waals surface area contributed by atoms with E-state index in [1.54, 1.807) is 0 Å². The predicted octanol–water partition coefficient (Wildman–Crippen LogP) is 1.01. The van der Waals surface area contributed by atoms with Gasteiger partial charge in [0.15, 0.2) is 0 Å². The lowest BCUT2D eigenvalue weighted by atomic mass is 9.80. The van der Waals surface area contributed by atoms with Crippen molar-refractivity contribution in [1.29, 1.82) is 0 Å². The van der Waals surface area contributed by atoms with Crippen molar-refractivity contribution in [1.82, 2.24) is 19.9 Å². The third-order valence-corrected chi connectivity index (χ3v) is 5.79. The van der Waals surface area contributed by atoms with E-state index in [0.717, 1.165) is 38.7 Å². The fraction of sp³-hybridized carbons (Fsp3) is 0.750. The van der Waals surface area contributed by atoms with Gasteiger partial charge in [-0.3, -0.25) is 15.2 Å². The van der Waals surface area contributed by atoms with Crippen LogP contribution in [0.3, 0.4) is 0 Å². The standard InChI is InChI=1S/C16H24N6O/c1-2-4-13-12(3-1)16-19-18-14(10-20-5-7-23-8-6-20)22(16)15-9-17-11-21(13)15/h9,11-13,16,19H,1-8,10H2. The number of aromatic nitrogens is 2. The summed E-state index contributed by atoms with van der Waals surface area (Å²) in [6.07, 6.45) is 9.51. The molecule has 1 saturated heterocycles. The lowest BCUT2D eigenvalue weighted by molar-refractivity contribution is 0.0451. The van der Waals surface area contributed by atoms with E-state index in [0.29, 0.717) is 18.1 Å². The van der Waals surface area contributed by atoms with Crippen LogP contribution in [0, 0.1) is 5.92 Å². The number of hydrogen-bond donors (Lipinski definition) is 1. The van der Waals surface area contributed by atoms with Crippen LogP contribution in [0.25, 0.3) is 0 Å². The van der Waals surface area contributed by atoms with E-state index in [-0.39, 0.29) is 0 Å². The number of rotatable bonds is 2. The monoisotopic (exact) mass is 316 g/mol. The lowest BCUT2D eigenvalue weighted by Gasteiger charge is -2.46. The van der Waals surface area contributed by atoms with Gasteiger partial charge in [0.25, 0.3) is 0 Å². The second-order valence-corrected chi connectivity index (χ2v) is 7.04. The van der Waals surface area contributed by atoms with E-state index >= 15 is 0 Å². The van der Waals surface area contributed by atoms with Crippen molar-refractivity contribution in [2.45, 2.75) is 37.9 Å². The van der Waals surface area contributed by atoms with E-state index in [9.17, 15) is 0 Å². The van der Waals surface area contributed by atoms with Crippen molar-refractivity contribution < 1.29 is 4.74 Å². The number of nitrogens with zero attached hydrogens (tertiary/aromatic N) is 5. The number of hydrogen-bond acceptors (Lipinski definition) is 6. The SMILES string of the molecule is c1ncn2c1N1C(CN3CCOCC3)=NNC1C1CCCCC12. The Balaban J connectivity index is 1.44. The molecular weight excluding hydrogens is 292 g/mol. The molecule has 1 aromatic heterocycles. The number of morpholine rings is 1. The molecule has 7 heteroatoms. The zero-order valence-electron chi connectivity index (χ0n) is 13.4. The van der Waals surface area contributed by atoms with Crippen molar-refractivity contribution in [2.24, 2.45) is 11.0 Å². The number of fused-ring (bicyclic) bond motifs is 6. The molecule has 3 atom stereocenters. The molecule has 3 aliphatic heterocycles. The van der Waals surface area contributed by atoms with Crippen molar-refractivity contribution in [2.75, 3.05) is 37.7 Å². The molecule has 2 fully saturated rings. The molecule has 3 unspecified atom stereocenters. The van der Waals surface area contributed by atoms with Crippen LogP contribution in [-0.4, -0.2) is 59.3 Å². The molecule has 7 nitrogen and oxygen atoms in total. The Labute approximate surface area is 136 Å². The molecule has 124 valence electrons. The zero-order valence-corrected chi connectivity index (χ0v) is 13.4. The van der Waals surface area contributed by atoms with Gasteiger partial charge in [0.05, 0.1) is 32.3 Å². The van der Waals surface area contributed by atoms with Crippen molar-refractivity contribution in [3.8, 4) is 0 Å². The minimum atomic E-state index is 0.306. The van der Waals surface area contributed by atoms with Crippen molar-refractivity contribution in [3.63, 3.8) is 0 Å². The van der Waals surface area contributed by atoms with Crippen LogP contribution < -0.4 is 10.3 Å². The second-order valence-electron chi connectivity index (χ2n) is 7.04. The Kier molecular flexibility index (Phi) is 3.29. The predicted molar refractivity (Wildman–Crippen MR) is 87.3 cm³/mol. The van der Waals surface area contributed by atoms with Gasteiger partial charge >= 0.3 is 0 Å². The molecule has 23 heavy (non-hydrogen) atoms. The first kappa shape index (κ1) is 13.8. The number of anilines is 1. The molecule has 1 aromatic rings. The normalized spacial score (nSPS) is 33.5. The van der Waals surface area contributed by atoms with Gasteiger partial charge in [0.1, 0.15) is 17.8 Å². The molecule has 0 radical (unpaired) electrons. The van der Waals surface area contributed by atoms with Gasteiger partial charge in [-0.15, -0.1) is 0 Å². The molecule has 1 N–H and O–H groups in total. The van der Waals surface area contributed by atoms with Crippen LogP contribution in [-0.2, 0) is 4.74 Å². The first-order chi connectivity index (χ1) is 11.4. The third kappa shape index (κ3) is 2.17. The number of amidine groups is 1. The van der Waals surface area contributed by atoms with E-state index in [1.807, 2.05) is 12.5 Å². The maximum absolute atomic E-state index is 5.46. The molecule has 1 saturated carbocycles. The van der Waals surface area contributed by atoms with E-state index < -0.39 is 0 Å². The molecule has 0 spiro atoms. The van der Waals surface area contributed by atoms with Crippen LogP contribution in [0.15, 0.2) is 17.6 Å². The van der Waals surface area contributed by atoms with Crippen LogP contribution >= 0.6 is 0 Å². The summed E-state index contributed by atoms with van der Waals surface area (Å²) in [6, 6.07) is 0.577. The zero-order chi connectivity index (χ0) is 15.2. The smallest absolute Gasteiger partial charge is 0.146 e. The number of hydrazone groups is 1. The number of imidazole rings is 1. The summed E-state index contributed by atoms with van der Waals surface area (Å²) in [6.45, 7) is 4.51. The Morgan fingerprint density at radius 3 is 3.00 bits per heavy atom. The minimum absolute atomic E-state index is 0.306. The van der Waals surface area contributed by atoms with Gasteiger partial charge < -0.3 is 9.30 Å². The summed E-state index contributed by atoms with van der Waals surface area (Å²) in [4.78, 5) is 9.27. The summed E-state index contributed by atoms with van der Waals surface area (Å²) in [7, 11) is 0. The first-order valence-corrected chi connectivity index (χ1v) is 8.85. The third-order valence-electron chi connectivity index (χ3n) is 5.79. The van der Waals surface area contributed by atoms with Gasteiger partial charge in [-0.05, 0) is 12.8 Å². The number of ether oxygens (including phenoxy) is 1. The van der Waals surface area contributed by atoms with E-state index in [2.05, 4.69) is 24.8 Å². The van der Waals surface area contributed by atoms with Crippen molar-refractivity contribution >= 4 is 11.7 Å². The largest absolute Gasteiger partial charge is 0.379 e. The summed E-state index contributed by atoms with van der Waals surface area (Å²) in [5.74, 6) is 2.95.